The number of nitrogens with two attached hydrogens (primary N) is 1. The third-order valence-electron chi connectivity index (χ3n) is 2.92. The summed E-state index contributed by atoms with van der Waals surface area (Å²) in [6, 6.07) is -0.657. The molecule has 0 spiro atoms. The lowest BCUT2D eigenvalue weighted by atomic mass is 9.98. The van der Waals surface area contributed by atoms with Crippen LogP contribution in [0.2, 0.25) is 0 Å². The summed E-state index contributed by atoms with van der Waals surface area (Å²) in [4.78, 5) is 10.8. The predicted octanol–water partition coefficient (Wildman–Crippen LogP) is -0.229. The molecule has 0 heterocycles. The van der Waals surface area contributed by atoms with E-state index in [9.17, 15) is 4.79 Å². The zero-order valence-electron chi connectivity index (χ0n) is 9.65. The monoisotopic (exact) mass is 230 g/mol. The summed E-state index contributed by atoms with van der Waals surface area (Å²) in [5.74, 6) is -0.528. The Kier molecular flexibility index (Phi) is 6.37. The second kappa shape index (κ2) is 7.60. The second-order valence-corrected chi connectivity index (χ2v) is 4.22. The highest BCUT2D eigenvalue weighted by atomic mass is 16.5. The third kappa shape index (κ3) is 4.92. The molecule has 5 nitrogen and oxygen atoms in total. The van der Waals surface area contributed by atoms with Crippen LogP contribution < -0.4 is 11.1 Å². The van der Waals surface area contributed by atoms with Crippen LogP contribution >= 0.6 is 0 Å². The summed E-state index contributed by atoms with van der Waals surface area (Å²) in [5, 5.41) is 11.7. The minimum atomic E-state index is -0.657. The van der Waals surface area contributed by atoms with Gasteiger partial charge in [-0.15, -0.1) is 0 Å². The Balaban J connectivity index is 2.03. The van der Waals surface area contributed by atoms with Gasteiger partial charge < -0.3 is 20.9 Å². The lowest BCUT2D eigenvalue weighted by molar-refractivity contribution is -0.121. The van der Waals surface area contributed by atoms with E-state index in [0.29, 0.717) is 19.3 Å². The van der Waals surface area contributed by atoms with E-state index in [4.69, 9.17) is 15.6 Å². The van der Waals surface area contributed by atoms with Crippen molar-refractivity contribution in [2.45, 2.75) is 44.2 Å². The van der Waals surface area contributed by atoms with E-state index in [2.05, 4.69) is 5.32 Å². The fourth-order valence-corrected chi connectivity index (χ4v) is 1.95. The minimum absolute atomic E-state index is 0.265. The van der Waals surface area contributed by atoms with Gasteiger partial charge in [0.15, 0.2) is 0 Å². The number of ether oxygens (including phenoxy) is 1. The fourth-order valence-electron chi connectivity index (χ4n) is 1.95. The maximum Gasteiger partial charge on any atom is 0.236 e. The van der Waals surface area contributed by atoms with Crippen LogP contribution in [0.25, 0.3) is 0 Å². The van der Waals surface area contributed by atoms with Crippen LogP contribution in [0.15, 0.2) is 0 Å². The van der Waals surface area contributed by atoms with Crippen molar-refractivity contribution in [3.63, 3.8) is 0 Å². The Morgan fingerprint density at radius 3 is 2.69 bits per heavy atom. The SMILES string of the molecule is NC(=O)[C@H](CO)NCCOC1CCCCC1. The maximum absolute atomic E-state index is 10.8. The Morgan fingerprint density at radius 2 is 2.12 bits per heavy atom. The number of rotatable bonds is 7. The Bertz CT molecular complexity index is 205. The molecule has 16 heavy (non-hydrogen) atoms. The molecule has 4 N–H and O–H groups in total. The largest absolute Gasteiger partial charge is 0.394 e. The molecule has 0 aromatic rings. The van der Waals surface area contributed by atoms with E-state index in [1.54, 1.807) is 0 Å². The van der Waals surface area contributed by atoms with Crippen molar-refractivity contribution in [3.05, 3.63) is 0 Å². The number of hydrogen-bond acceptors (Lipinski definition) is 4. The van der Waals surface area contributed by atoms with Gasteiger partial charge in [0.1, 0.15) is 6.04 Å². The van der Waals surface area contributed by atoms with Gasteiger partial charge in [0, 0.05) is 6.54 Å². The molecule has 0 aromatic carbocycles. The van der Waals surface area contributed by atoms with Crippen molar-refractivity contribution >= 4 is 5.91 Å². The quantitative estimate of drug-likeness (QED) is 0.527. The number of hydrogen-bond donors (Lipinski definition) is 3. The van der Waals surface area contributed by atoms with Crippen LogP contribution in [0.4, 0.5) is 0 Å². The molecule has 0 saturated heterocycles. The molecule has 1 aliphatic rings. The number of primary amides is 1. The third-order valence-corrected chi connectivity index (χ3v) is 2.92. The Morgan fingerprint density at radius 1 is 1.44 bits per heavy atom. The molecular formula is C11H22N2O3. The molecule has 0 aromatic heterocycles. The van der Waals surface area contributed by atoms with E-state index in [1.165, 1.54) is 19.3 Å². The number of aliphatic hydroxyl groups excluding tert-OH is 1. The van der Waals surface area contributed by atoms with E-state index in [0.717, 1.165) is 12.8 Å². The lowest BCUT2D eigenvalue weighted by Crippen LogP contribution is -2.45. The van der Waals surface area contributed by atoms with Crippen molar-refractivity contribution in [1.82, 2.24) is 5.32 Å². The molecule has 0 radical (unpaired) electrons. The van der Waals surface area contributed by atoms with Crippen molar-refractivity contribution in [1.29, 1.82) is 0 Å². The van der Waals surface area contributed by atoms with Crippen molar-refractivity contribution < 1.29 is 14.6 Å². The minimum Gasteiger partial charge on any atom is -0.394 e. The van der Waals surface area contributed by atoms with Gasteiger partial charge >= 0.3 is 0 Å². The first-order valence-electron chi connectivity index (χ1n) is 5.99. The van der Waals surface area contributed by atoms with Crippen LogP contribution in [0.1, 0.15) is 32.1 Å². The van der Waals surface area contributed by atoms with Crippen molar-refractivity contribution in [2.75, 3.05) is 19.8 Å². The molecule has 0 aliphatic heterocycles. The topological polar surface area (TPSA) is 84.6 Å². The number of carbonyl (C=O) groups is 1. The Labute approximate surface area is 96.3 Å². The number of aliphatic hydroxyl groups is 1. The molecular weight excluding hydrogens is 208 g/mol. The zero-order chi connectivity index (χ0) is 11.8. The summed E-state index contributed by atoms with van der Waals surface area (Å²) in [5.41, 5.74) is 5.07. The first-order chi connectivity index (χ1) is 7.74. The summed E-state index contributed by atoms with van der Waals surface area (Å²) in [7, 11) is 0. The molecule has 5 heteroatoms. The standard InChI is InChI=1S/C11H22N2O3/c12-11(15)10(8-14)13-6-7-16-9-4-2-1-3-5-9/h9-10,13-14H,1-8H2,(H2,12,15)/t10-/m0/s1. The van der Waals surface area contributed by atoms with Gasteiger partial charge in [0.25, 0.3) is 0 Å². The average molecular weight is 230 g/mol. The normalized spacial score (nSPS) is 19.6. The van der Waals surface area contributed by atoms with Gasteiger partial charge in [-0.3, -0.25) is 4.79 Å². The first kappa shape index (κ1) is 13.4. The van der Waals surface area contributed by atoms with E-state index in [-0.39, 0.29) is 6.61 Å². The molecule has 1 aliphatic carbocycles. The van der Waals surface area contributed by atoms with Crippen LogP contribution in [-0.4, -0.2) is 42.9 Å². The smallest absolute Gasteiger partial charge is 0.236 e. The maximum atomic E-state index is 10.8. The molecule has 1 saturated carbocycles. The molecule has 1 rings (SSSR count). The second-order valence-electron chi connectivity index (χ2n) is 4.22. The molecule has 1 amide bonds. The van der Waals surface area contributed by atoms with Crippen LogP contribution in [-0.2, 0) is 9.53 Å². The molecule has 0 bridgehead atoms. The van der Waals surface area contributed by atoms with Crippen molar-refractivity contribution in [3.8, 4) is 0 Å². The van der Waals surface area contributed by atoms with Gasteiger partial charge in [-0.05, 0) is 12.8 Å². The highest BCUT2D eigenvalue weighted by Crippen LogP contribution is 2.19. The zero-order valence-corrected chi connectivity index (χ0v) is 9.65. The molecule has 1 atom stereocenters. The highest BCUT2D eigenvalue weighted by molar-refractivity contribution is 5.79. The summed E-state index contributed by atoms with van der Waals surface area (Å²) < 4.78 is 5.66. The van der Waals surface area contributed by atoms with Gasteiger partial charge in [0.2, 0.25) is 5.91 Å². The number of nitrogens with one attached hydrogen (secondary N) is 1. The molecule has 1 fully saturated rings. The summed E-state index contributed by atoms with van der Waals surface area (Å²) in [6.45, 7) is 0.845. The van der Waals surface area contributed by atoms with Gasteiger partial charge in [0.05, 0.1) is 19.3 Å². The first-order valence-corrected chi connectivity index (χ1v) is 5.99. The van der Waals surface area contributed by atoms with Crippen molar-refractivity contribution in [2.24, 2.45) is 5.73 Å². The van der Waals surface area contributed by atoms with Crippen LogP contribution in [0.5, 0.6) is 0 Å². The highest BCUT2D eigenvalue weighted by Gasteiger charge is 2.15. The number of carbonyl (C=O) groups excluding carboxylic acids is 1. The molecule has 0 unspecified atom stereocenters. The summed E-state index contributed by atoms with van der Waals surface area (Å²) >= 11 is 0. The van der Waals surface area contributed by atoms with Gasteiger partial charge in [-0.2, -0.15) is 0 Å². The fraction of sp³-hybridized carbons (Fsp3) is 0.909. The van der Waals surface area contributed by atoms with E-state index in [1.807, 2.05) is 0 Å². The van der Waals surface area contributed by atoms with E-state index >= 15 is 0 Å². The number of amides is 1. The van der Waals surface area contributed by atoms with Crippen LogP contribution in [0.3, 0.4) is 0 Å². The van der Waals surface area contributed by atoms with Gasteiger partial charge in [-0.1, -0.05) is 19.3 Å². The Hall–Kier alpha value is -0.650. The lowest BCUT2D eigenvalue weighted by Gasteiger charge is -2.22. The van der Waals surface area contributed by atoms with E-state index < -0.39 is 11.9 Å². The molecule has 94 valence electrons. The average Bonchev–Trinajstić information content (AvgIpc) is 2.30. The van der Waals surface area contributed by atoms with Crippen LogP contribution in [0, 0.1) is 0 Å². The van der Waals surface area contributed by atoms with Gasteiger partial charge in [-0.25, -0.2) is 0 Å². The predicted molar refractivity (Wildman–Crippen MR) is 60.9 cm³/mol. The summed E-state index contributed by atoms with van der Waals surface area (Å²) in [6.07, 6.45) is 6.46.